The molecule has 0 aromatic heterocycles. The third-order valence-electron chi connectivity index (χ3n) is 5.20. The number of rotatable bonds is 3. The normalized spacial score (nSPS) is 25.7. The number of benzene rings is 1. The molecule has 1 aromatic rings. The van der Waals surface area contributed by atoms with E-state index in [-0.39, 0.29) is 30.1 Å². The second kappa shape index (κ2) is 7.15. The van der Waals surface area contributed by atoms with Gasteiger partial charge in [-0.3, -0.25) is 14.4 Å². The third kappa shape index (κ3) is 3.02. The maximum absolute atomic E-state index is 12.2. The molecule has 2 saturated carbocycles. The molecule has 1 aromatic carbocycles. The van der Waals surface area contributed by atoms with E-state index in [9.17, 15) is 19.5 Å². The Hall–Kier alpha value is -2.67. The van der Waals surface area contributed by atoms with Crippen molar-refractivity contribution in [1.82, 2.24) is 0 Å². The number of phenolic OH excluding ortho intramolecular Hbond substituents is 1. The number of ether oxygens (including phenoxy) is 2. The molecule has 146 valence electrons. The van der Waals surface area contributed by atoms with Crippen molar-refractivity contribution >= 4 is 17.7 Å². The number of nitrogens with two attached hydrogens (primary N) is 1. The van der Waals surface area contributed by atoms with Gasteiger partial charge in [0.25, 0.3) is 0 Å². The van der Waals surface area contributed by atoms with Crippen LogP contribution in [-0.4, -0.2) is 35.5 Å². The highest BCUT2D eigenvalue weighted by Gasteiger charge is 2.78. The van der Waals surface area contributed by atoms with Crippen molar-refractivity contribution in [3.63, 3.8) is 0 Å². The smallest absolute Gasteiger partial charge is 0.308 e. The second-order valence-corrected chi connectivity index (χ2v) is 6.72. The number of hydrogen-bond donors (Lipinski definition) is 2. The molecule has 3 rings (SSSR count). The van der Waals surface area contributed by atoms with E-state index in [1.807, 2.05) is 0 Å². The molecule has 0 bridgehead atoms. The quantitative estimate of drug-likeness (QED) is 0.472. The van der Waals surface area contributed by atoms with Crippen LogP contribution >= 0.6 is 0 Å². The van der Waals surface area contributed by atoms with Crippen LogP contribution in [0.2, 0.25) is 0 Å². The van der Waals surface area contributed by atoms with Gasteiger partial charge in [0.05, 0.1) is 5.41 Å². The number of carbonyl (C=O) groups is 3. The summed E-state index contributed by atoms with van der Waals surface area (Å²) in [6.07, 6.45) is 0.718. The Morgan fingerprint density at radius 1 is 1.22 bits per heavy atom. The summed E-state index contributed by atoms with van der Waals surface area (Å²) >= 11 is 0. The lowest BCUT2D eigenvalue weighted by Gasteiger charge is -2.30. The Balaban J connectivity index is 0.00000126. The molecule has 7 heteroatoms. The number of esters is 2. The number of aromatic hydroxyl groups is 1. The summed E-state index contributed by atoms with van der Waals surface area (Å²) in [6.45, 7) is 8.37. The Morgan fingerprint density at radius 3 is 2.41 bits per heavy atom. The first kappa shape index (κ1) is 20.6. The molecule has 2 aliphatic rings. The molecule has 0 aliphatic heterocycles. The van der Waals surface area contributed by atoms with Gasteiger partial charge < -0.3 is 20.3 Å². The largest absolute Gasteiger partial charge is 0.504 e. The van der Waals surface area contributed by atoms with E-state index >= 15 is 0 Å². The standard InChI is InChI=1S/C19H20O6.CH5N/c1-10-5-6-15(24-12(3)20)17(23)16(10)18-9-14(22)7-8-19(18,11(18)2)25-13(4)21;1-2/h5-6,23H,2,7-9H2,1,3-4H3;2H2,1H3. The average molecular weight is 375 g/mol. The van der Waals surface area contributed by atoms with Crippen LogP contribution in [0, 0.1) is 6.92 Å². The lowest BCUT2D eigenvalue weighted by atomic mass is 9.77. The van der Waals surface area contributed by atoms with Gasteiger partial charge >= 0.3 is 11.9 Å². The van der Waals surface area contributed by atoms with Gasteiger partial charge in [-0.25, -0.2) is 0 Å². The van der Waals surface area contributed by atoms with Gasteiger partial charge in [0.15, 0.2) is 11.5 Å². The first-order chi connectivity index (χ1) is 12.7. The Labute approximate surface area is 158 Å². The molecule has 2 fully saturated rings. The Morgan fingerprint density at radius 2 is 1.85 bits per heavy atom. The van der Waals surface area contributed by atoms with E-state index in [1.54, 1.807) is 13.0 Å². The molecular formula is C20H25NO6. The van der Waals surface area contributed by atoms with Crippen LogP contribution in [0.5, 0.6) is 11.5 Å². The summed E-state index contributed by atoms with van der Waals surface area (Å²) in [4.78, 5) is 35.1. The molecule has 2 aliphatic carbocycles. The molecule has 0 amide bonds. The topological polar surface area (TPSA) is 116 Å². The van der Waals surface area contributed by atoms with E-state index in [4.69, 9.17) is 9.47 Å². The zero-order valence-electron chi connectivity index (χ0n) is 16.0. The predicted molar refractivity (Wildman–Crippen MR) is 98.4 cm³/mol. The van der Waals surface area contributed by atoms with Crippen LogP contribution in [0.3, 0.4) is 0 Å². The lowest BCUT2D eigenvalue weighted by Crippen LogP contribution is -2.36. The maximum Gasteiger partial charge on any atom is 0.308 e. The van der Waals surface area contributed by atoms with Crippen LogP contribution < -0.4 is 10.5 Å². The van der Waals surface area contributed by atoms with Crippen LogP contribution in [0.4, 0.5) is 0 Å². The first-order valence-electron chi connectivity index (χ1n) is 8.66. The van der Waals surface area contributed by atoms with Gasteiger partial charge in [-0.15, -0.1) is 0 Å². The van der Waals surface area contributed by atoms with Gasteiger partial charge in [0, 0.05) is 32.3 Å². The summed E-state index contributed by atoms with van der Waals surface area (Å²) in [5.74, 6) is -1.23. The molecule has 0 saturated heterocycles. The molecular weight excluding hydrogens is 350 g/mol. The minimum Gasteiger partial charge on any atom is -0.504 e. The minimum atomic E-state index is -0.996. The number of aryl methyl sites for hydroxylation is 1. The van der Waals surface area contributed by atoms with Crippen molar-refractivity contribution in [3.05, 3.63) is 35.4 Å². The van der Waals surface area contributed by atoms with Crippen LogP contribution in [0.25, 0.3) is 0 Å². The zero-order chi connectivity index (χ0) is 20.6. The van der Waals surface area contributed by atoms with Crippen molar-refractivity contribution in [2.24, 2.45) is 5.73 Å². The van der Waals surface area contributed by atoms with Gasteiger partial charge in [0.1, 0.15) is 11.4 Å². The van der Waals surface area contributed by atoms with Crippen LogP contribution in [-0.2, 0) is 24.5 Å². The van der Waals surface area contributed by atoms with E-state index in [0.717, 1.165) is 0 Å². The molecule has 0 radical (unpaired) electrons. The summed E-state index contributed by atoms with van der Waals surface area (Å²) in [6, 6.07) is 3.20. The van der Waals surface area contributed by atoms with Crippen molar-refractivity contribution in [2.75, 3.05) is 7.05 Å². The van der Waals surface area contributed by atoms with E-state index in [2.05, 4.69) is 12.3 Å². The molecule has 2 unspecified atom stereocenters. The molecule has 27 heavy (non-hydrogen) atoms. The first-order valence-corrected chi connectivity index (χ1v) is 8.66. The zero-order valence-corrected chi connectivity index (χ0v) is 16.0. The van der Waals surface area contributed by atoms with Gasteiger partial charge in [-0.1, -0.05) is 12.6 Å². The lowest BCUT2D eigenvalue weighted by molar-refractivity contribution is -0.152. The fraction of sp³-hybridized carbons (Fsp3) is 0.450. The summed E-state index contributed by atoms with van der Waals surface area (Å²) in [5, 5.41) is 10.7. The maximum atomic E-state index is 12.2. The highest BCUT2D eigenvalue weighted by atomic mass is 16.6. The average Bonchev–Trinajstić information content (AvgIpc) is 3.09. The SMILES string of the molecule is C=C1C2(OC(C)=O)CCC(=O)CC12c1c(C)ccc(OC(C)=O)c1O.CN. The fourth-order valence-corrected chi connectivity index (χ4v) is 4.21. The van der Waals surface area contributed by atoms with Crippen LogP contribution in [0.1, 0.15) is 44.2 Å². The number of carbonyl (C=O) groups excluding carboxylic acids is 3. The summed E-state index contributed by atoms with van der Waals surface area (Å²) in [5.41, 5.74) is 4.27. The highest BCUT2D eigenvalue weighted by molar-refractivity contribution is 5.89. The molecule has 0 heterocycles. The van der Waals surface area contributed by atoms with Crippen molar-refractivity contribution in [3.8, 4) is 11.5 Å². The molecule has 0 spiro atoms. The molecule has 2 atom stereocenters. The second-order valence-electron chi connectivity index (χ2n) is 6.72. The highest BCUT2D eigenvalue weighted by Crippen LogP contribution is 2.72. The van der Waals surface area contributed by atoms with Crippen molar-refractivity contribution in [1.29, 1.82) is 0 Å². The molecule has 3 N–H and O–H groups in total. The number of fused-ring (bicyclic) bond motifs is 1. The minimum absolute atomic E-state index is 0.0110. The van der Waals surface area contributed by atoms with Crippen molar-refractivity contribution in [2.45, 2.75) is 51.0 Å². The summed E-state index contributed by atoms with van der Waals surface area (Å²) < 4.78 is 10.7. The molecule has 7 nitrogen and oxygen atoms in total. The van der Waals surface area contributed by atoms with Crippen LogP contribution in [0.15, 0.2) is 24.3 Å². The Kier molecular flexibility index (Phi) is 5.47. The number of Topliss-reactive ketones (excluding diaryl/α,β-unsaturated/α-hetero) is 1. The van der Waals surface area contributed by atoms with Gasteiger partial charge in [0.2, 0.25) is 0 Å². The number of phenols is 1. The van der Waals surface area contributed by atoms with E-state index in [0.29, 0.717) is 23.1 Å². The number of ketones is 1. The summed E-state index contributed by atoms with van der Waals surface area (Å²) in [7, 11) is 1.50. The van der Waals surface area contributed by atoms with Gasteiger partial charge in [-0.2, -0.15) is 0 Å². The monoisotopic (exact) mass is 375 g/mol. The Bertz CT molecular complexity index is 830. The fourth-order valence-electron chi connectivity index (χ4n) is 4.21. The van der Waals surface area contributed by atoms with Crippen molar-refractivity contribution < 1.29 is 29.0 Å². The third-order valence-corrected chi connectivity index (χ3v) is 5.20. The van der Waals surface area contributed by atoms with Gasteiger partial charge in [-0.05, 0) is 37.6 Å². The van der Waals surface area contributed by atoms with E-state index in [1.165, 1.54) is 27.0 Å². The van der Waals surface area contributed by atoms with E-state index < -0.39 is 23.0 Å². The predicted octanol–water partition coefficient (Wildman–Crippen LogP) is 2.06. The number of hydrogen-bond acceptors (Lipinski definition) is 7.